The van der Waals surface area contributed by atoms with E-state index in [0.717, 1.165) is 0 Å². The van der Waals surface area contributed by atoms with Crippen molar-refractivity contribution in [1.29, 1.82) is 0 Å². The Morgan fingerprint density at radius 1 is 1.06 bits per heavy atom. The Morgan fingerprint density at radius 2 is 1.71 bits per heavy atom. The molecule has 6 N–H and O–H groups in total. The van der Waals surface area contributed by atoms with Gasteiger partial charge in [0.05, 0.1) is 19.8 Å². The standard InChI is InChI=1S/C9H18O8/c10-1-4(12)3-16-9-8(15)7(14)6(13)5(2-11)17-9/h4-15H,1-3H2/t4-,5+,6+,7+,8+,9-/m0/s1. The molecule has 8 nitrogen and oxygen atoms in total. The Balaban J connectivity index is 2.53. The van der Waals surface area contributed by atoms with E-state index in [4.69, 9.17) is 24.8 Å². The summed E-state index contributed by atoms with van der Waals surface area (Å²) in [6.07, 6.45) is -7.94. The fourth-order valence-corrected chi connectivity index (χ4v) is 1.46. The van der Waals surface area contributed by atoms with E-state index in [1.165, 1.54) is 0 Å². The van der Waals surface area contributed by atoms with Crippen molar-refractivity contribution in [2.45, 2.75) is 36.8 Å². The van der Waals surface area contributed by atoms with Crippen molar-refractivity contribution in [1.82, 2.24) is 0 Å². The minimum atomic E-state index is -1.52. The molecule has 0 aliphatic carbocycles. The molecule has 8 heteroatoms. The molecular weight excluding hydrogens is 236 g/mol. The Labute approximate surface area is 97.6 Å². The second kappa shape index (κ2) is 6.57. The molecule has 1 saturated heterocycles. The summed E-state index contributed by atoms with van der Waals surface area (Å²) in [6.45, 7) is -1.37. The van der Waals surface area contributed by atoms with Gasteiger partial charge in [-0.05, 0) is 0 Å². The van der Waals surface area contributed by atoms with Crippen LogP contribution in [0.15, 0.2) is 0 Å². The molecule has 1 aliphatic heterocycles. The number of aliphatic hydroxyl groups excluding tert-OH is 6. The van der Waals surface area contributed by atoms with E-state index in [0.29, 0.717) is 0 Å². The lowest BCUT2D eigenvalue weighted by atomic mass is 9.99. The second-order valence-corrected chi connectivity index (χ2v) is 3.87. The molecule has 0 bridgehead atoms. The summed E-state index contributed by atoms with van der Waals surface area (Å²) in [5, 5.41) is 54.9. The van der Waals surface area contributed by atoms with Crippen LogP contribution in [0.3, 0.4) is 0 Å². The van der Waals surface area contributed by atoms with Crippen LogP contribution in [0.4, 0.5) is 0 Å². The van der Waals surface area contributed by atoms with E-state index in [1.807, 2.05) is 0 Å². The molecule has 0 spiro atoms. The zero-order chi connectivity index (χ0) is 13.0. The molecule has 1 heterocycles. The van der Waals surface area contributed by atoms with E-state index >= 15 is 0 Å². The zero-order valence-corrected chi connectivity index (χ0v) is 9.09. The van der Waals surface area contributed by atoms with Crippen LogP contribution in [-0.2, 0) is 9.47 Å². The first-order chi connectivity index (χ1) is 8.01. The molecule has 17 heavy (non-hydrogen) atoms. The lowest BCUT2D eigenvalue weighted by molar-refractivity contribution is -0.304. The first kappa shape index (κ1) is 14.7. The number of rotatable bonds is 5. The molecule has 1 aliphatic rings. The molecular formula is C9H18O8. The highest BCUT2D eigenvalue weighted by Gasteiger charge is 2.44. The van der Waals surface area contributed by atoms with Gasteiger partial charge in [0.15, 0.2) is 6.29 Å². The van der Waals surface area contributed by atoms with Crippen molar-refractivity contribution in [3.63, 3.8) is 0 Å². The lowest BCUT2D eigenvalue weighted by Gasteiger charge is -2.39. The summed E-state index contributed by atoms with van der Waals surface area (Å²) in [7, 11) is 0. The average Bonchev–Trinajstić information content (AvgIpc) is 2.34. The fraction of sp³-hybridized carbons (Fsp3) is 1.00. The number of hydrogen-bond donors (Lipinski definition) is 6. The van der Waals surface area contributed by atoms with Crippen molar-refractivity contribution in [3.8, 4) is 0 Å². The quantitative estimate of drug-likeness (QED) is 0.293. The molecule has 1 fully saturated rings. The predicted molar refractivity (Wildman–Crippen MR) is 52.8 cm³/mol. The maximum atomic E-state index is 9.52. The average molecular weight is 254 g/mol. The van der Waals surface area contributed by atoms with Gasteiger partial charge in [0.2, 0.25) is 0 Å². The molecule has 0 saturated carbocycles. The molecule has 6 atom stereocenters. The Hall–Kier alpha value is -0.320. The monoisotopic (exact) mass is 254 g/mol. The molecule has 0 aromatic carbocycles. The highest BCUT2D eigenvalue weighted by Crippen LogP contribution is 2.21. The highest BCUT2D eigenvalue weighted by molar-refractivity contribution is 4.88. The van der Waals surface area contributed by atoms with E-state index in [1.54, 1.807) is 0 Å². The van der Waals surface area contributed by atoms with Crippen molar-refractivity contribution in [3.05, 3.63) is 0 Å². The van der Waals surface area contributed by atoms with Gasteiger partial charge in [-0.3, -0.25) is 0 Å². The van der Waals surface area contributed by atoms with Crippen LogP contribution in [-0.4, -0.2) is 87.3 Å². The molecule has 0 amide bonds. The van der Waals surface area contributed by atoms with Crippen LogP contribution >= 0.6 is 0 Å². The molecule has 0 radical (unpaired) electrons. The lowest BCUT2D eigenvalue weighted by Crippen LogP contribution is -2.59. The summed E-state index contributed by atoms with van der Waals surface area (Å²) in [5.41, 5.74) is 0. The third-order valence-electron chi connectivity index (χ3n) is 2.51. The number of hydrogen-bond acceptors (Lipinski definition) is 8. The van der Waals surface area contributed by atoms with Gasteiger partial charge in [0.25, 0.3) is 0 Å². The van der Waals surface area contributed by atoms with Gasteiger partial charge in [0, 0.05) is 0 Å². The Kier molecular flexibility index (Phi) is 5.70. The van der Waals surface area contributed by atoms with Gasteiger partial charge in [0.1, 0.15) is 30.5 Å². The van der Waals surface area contributed by atoms with Gasteiger partial charge in [-0.2, -0.15) is 0 Å². The van der Waals surface area contributed by atoms with Crippen molar-refractivity contribution < 1.29 is 40.1 Å². The van der Waals surface area contributed by atoms with Crippen LogP contribution in [0.1, 0.15) is 0 Å². The van der Waals surface area contributed by atoms with Crippen molar-refractivity contribution in [2.24, 2.45) is 0 Å². The second-order valence-electron chi connectivity index (χ2n) is 3.87. The van der Waals surface area contributed by atoms with Gasteiger partial charge >= 0.3 is 0 Å². The summed E-state index contributed by atoms with van der Waals surface area (Å²) in [5.74, 6) is 0. The van der Waals surface area contributed by atoms with Gasteiger partial charge in [-0.25, -0.2) is 0 Å². The molecule has 1 rings (SSSR count). The zero-order valence-electron chi connectivity index (χ0n) is 9.09. The third kappa shape index (κ3) is 3.57. The van der Waals surface area contributed by atoms with Crippen LogP contribution in [0, 0.1) is 0 Å². The molecule has 0 unspecified atom stereocenters. The van der Waals surface area contributed by atoms with Gasteiger partial charge < -0.3 is 40.1 Å². The van der Waals surface area contributed by atoms with Crippen LogP contribution in [0.25, 0.3) is 0 Å². The fourth-order valence-electron chi connectivity index (χ4n) is 1.46. The smallest absolute Gasteiger partial charge is 0.186 e. The van der Waals surface area contributed by atoms with E-state index in [-0.39, 0.29) is 6.61 Å². The van der Waals surface area contributed by atoms with Crippen LogP contribution < -0.4 is 0 Å². The first-order valence-electron chi connectivity index (χ1n) is 5.22. The number of ether oxygens (including phenoxy) is 2. The van der Waals surface area contributed by atoms with E-state index < -0.39 is 50.0 Å². The summed E-state index contributed by atoms with van der Waals surface area (Å²) >= 11 is 0. The molecule has 0 aromatic rings. The Bertz CT molecular complexity index is 223. The van der Waals surface area contributed by atoms with Gasteiger partial charge in [-0.1, -0.05) is 0 Å². The molecule has 102 valence electrons. The maximum absolute atomic E-state index is 9.52. The minimum absolute atomic E-state index is 0.306. The minimum Gasteiger partial charge on any atom is -0.394 e. The predicted octanol–water partition coefficient (Wildman–Crippen LogP) is -3.84. The summed E-state index contributed by atoms with van der Waals surface area (Å²) in [4.78, 5) is 0. The summed E-state index contributed by atoms with van der Waals surface area (Å²) in [6, 6.07) is 0. The topological polar surface area (TPSA) is 140 Å². The Morgan fingerprint density at radius 3 is 2.24 bits per heavy atom. The van der Waals surface area contributed by atoms with Gasteiger partial charge in [-0.15, -0.1) is 0 Å². The van der Waals surface area contributed by atoms with E-state index in [2.05, 4.69) is 0 Å². The van der Waals surface area contributed by atoms with Crippen LogP contribution in [0.2, 0.25) is 0 Å². The largest absolute Gasteiger partial charge is 0.394 e. The maximum Gasteiger partial charge on any atom is 0.186 e. The SMILES string of the molecule is OC[C@H](O)CO[C@H]1O[C@H](CO)[C@@H](O)[C@@H](O)[C@H]1O. The number of aliphatic hydroxyl groups is 6. The molecule has 0 aromatic heterocycles. The normalized spacial score (nSPS) is 40.2. The van der Waals surface area contributed by atoms with E-state index in [9.17, 15) is 15.3 Å². The first-order valence-corrected chi connectivity index (χ1v) is 5.22. The van der Waals surface area contributed by atoms with Crippen LogP contribution in [0.5, 0.6) is 0 Å². The summed E-state index contributed by atoms with van der Waals surface area (Å²) < 4.78 is 9.93. The highest BCUT2D eigenvalue weighted by atomic mass is 16.7. The van der Waals surface area contributed by atoms with Crippen molar-refractivity contribution >= 4 is 0 Å². The third-order valence-corrected chi connectivity index (χ3v) is 2.51. The van der Waals surface area contributed by atoms with Crippen molar-refractivity contribution in [2.75, 3.05) is 19.8 Å².